The lowest BCUT2D eigenvalue weighted by molar-refractivity contribution is -0.126. The minimum Gasteiger partial charge on any atom is -0.298 e. The fraction of sp³-hybridized carbons (Fsp3) is 0.438. The van der Waals surface area contributed by atoms with E-state index in [2.05, 4.69) is 34.6 Å². The molecule has 1 nitrogen and oxygen atoms in total. The lowest BCUT2D eigenvalue weighted by Gasteiger charge is -2.39. The van der Waals surface area contributed by atoms with Gasteiger partial charge in [0.15, 0.2) is 0 Å². The van der Waals surface area contributed by atoms with Gasteiger partial charge in [0.05, 0.1) is 5.41 Å². The normalized spacial score (nSPS) is 31.5. The first-order chi connectivity index (χ1) is 8.65. The average Bonchev–Trinajstić information content (AvgIpc) is 2.70. The third-order valence-corrected chi connectivity index (χ3v) is 5.19. The van der Waals surface area contributed by atoms with Gasteiger partial charge in [-0.25, -0.2) is 0 Å². The molecule has 2 fully saturated rings. The van der Waals surface area contributed by atoms with E-state index in [4.69, 9.17) is 0 Å². The number of allylic oxidation sites excluding steroid dienone is 1. The molecule has 0 spiro atoms. The topological polar surface area (TPSA) is 17.1 Å². The molecule has 18 heavy (non-hydrogen) atoms. The van der Waals surface area contributed by atoms with Crippen LogP contribution in [0.5, 0.6) is 0 Å². The summed E-state index contributed by atoms with van der Waals surface area (Å²) in [4.78, 5) is 12.6. The Balaban J connectivity index is 2.15. The molecule has 2 atom stereocenters. The summed E-state index contributed by atoms with van der Waals surface area (Å²) >= 11 is 3.46. The molecule has 0 bridgehead atoms. The molecular weight excluding hydrogens is 288 g/mol. The Morgan fingerprint density at radius 2 is 1.89 bits per heavy atom. The Morgan fingerprint density at radius 3 is 2.61 bits per heavy atom. The van der Waals surface area contributed by atoms with Gasteiger partial charge in [-0.2, -0.15) is 0 Å². The molecule has 1 unspecified atom stereocenters. The van der Waals surface area contributed by atoms with Gasteiger partial charge in [0.25, 0.3) is 0 Å². The van der Waals surface area contributed by atoms with Gasteiger partial charge in [0, 0.05) is 10.9 Å². The predicted molar refractivity (Wildman–Crippen MR) is 76.5 cm³/mol. The number of halogens is 1. The van der Waals surface area contributed by atoms with Crippen molar-refractivity contribution < 1.29 is 4.79 Å². The van der Waals surface area contributed by atoms with Crippen molar-refractivity contribution in [1.29, 1.82) is 0 Å². The van der Waals surface area contributed by atoms with E-state index < -0.39 is 0 Å². The van der Waals surface area contributed by atoms with Crippen LogP contribution in [0.2, 0.25) is 0 Å². The van der Waals surface area contributed by atoms with Crippen LogP contribution in [0.3, 0.4) is 0 Å². The van der Waals surface area contributed by atoms with Crippen LogP contribution in [0, 0.1) is 5.92 Å². The minimum atomic E-state index is -0.362. The van der Waals surface area contributed by atoms with Crippen LogP contribution in [-0.4, -0.2) is 5.78 Å². The van der Waals surface area contributed by atoms with E-state index in [0.717, 1.165) is 34.9 Å². The Labute approximate surface area is 116 Å². The highest BCUT2D eigenvalue weighted by atomic mass is 79.9. The van der Waals surface area contributed by atoms with Crippen LogP contribution >= 0.6 is 15.9 Å². The van der Waals surface area contributed by atoms with E-state index in [0.29, 0.717) is 18.1 Å². The van der Waals surface area contributed by atoms with Crippen LogP contribution in [-0.2, 0) is 10.2 Å². The van der Waals surface area contributed by atoms with E-state index in [1.807, 2.05) is 12.1 Å². The van der Waals surface area contributed by atoms with Crippen molar-refractivity contribution in [1.82, 2.24) is 0 Å². The van der Waals surface area contributed by atoms with Crippen molar-refractivity contribution in [2.75, 3.05) is 0 Å². The van der Waals surface area contributed by atoms with Crippen molar-refractivity contribution in [3.63, 3.8) is 0 Å². The van der Waals surface area contributed by atoms with Crippen LogP contribution in [0.25, 0.3) is 0 Å². The molecule has 0 saturated heterocycles. The Hall–Kier alpha value is -0.890. The molecule has 0 aliphatic heterocycles. The highest BCUT2D eigenvalue weighted by Gasteiger charge is 2.53. The van der Waals surface area contributed by atoms with Gasteiger partial charge in [0.1, 0.15) is 5.78 Å². The number of carbonyl (C=O) groups excluding carboxylic acids is 1. The smallest absolute Gasteiger partial charge is 0.147 e. The van der Waals surface area contributed by atoms with Crippen LogP contribution in [0.1, 0.15) is 37.7 Å². The first kappa shape index (κ1) is 12.2. The van der Waals surface area contributed by atoms with E-state index in [1.165, 1.54) is 6.42 Å². The summed E-state index contributed by atoms with van der Waals surface area (Å²) in [6, 6.07) is 8.26. The fourth-order valence-electron chi connectivity index (χ4n) is 3.86. The van der Waals surface area contributed by atoms with Gasteiger partial charge in [-0.3, -0.25) is 4.79 Å². The van der Waals surface area contributed by atoms with Crippen molar-refractivity contribution in [3.8, 4) is 0 Å². The minimum absolute atomic E-state index is 0.362. The third-order valence-electron chi connectivity index (χ3n) is 4.66. The summed E-state index contributed by atoms with van der Waals surface area (Å²) < 4.78 is 1.06. The molecule has 1 aromatic rings. The second-order valence-electron chi connectivity index (χ2n) is 5.47. The highest BCUT2D eigenvalue weighted by molar-refractivity contribution is 9.10. The molecule has 2 heteroatoms. The number of ketones is 1. The third kappa shape index (κ3) is 1.55. The van der Waals surface area contributed by atoms with Crippen molar-refractivity contribution >= 4 is 21.7 Å². The van der Waals surface area contributed by atoms with E-state index in [-0.39, 0.29) is 5.41 Å². The fourth-order valence-corrected chi connectivity index (χ4v) is 4.12. The lowest BCUT2D eigenvalue weighted by Crippen LogP contribution is -2.43. The standard InChI is InChI=1S/C16H17BrO/c1-11-5-6-12-3-2-4-15(18)16(11,12)13-7-9-14(17)10-8-13/h7-10,12H,1-6H2/t12?,16-/m0/s1. The summed E-state index contributed by atoms with van der Waals surface area (Å²) in [5.41, 5.74) is 1.93. The van der Waals surface area contributed by atoms with Gasteiger partial charge < -0.3 is 0 Å². The largest absolute Gasteiger partial charge is 0.298 e. The van der Waals surface area contributed by atoms with Gasteiger partial charge in [0.2, 0.25) is 0 Å². The van der Waals surface area contributed by atoms with Gasteiger partial charge in [-0.05, 0) is 49.3 Å². The Bertz CT molecular complexity index is 502. The highest BCUT2D eigenvalue weighted by Crippen LogP contribution is 2.54. The summed E-state index contributed by atoms with van der Waals surface area (Å²) in [5, 5.41) is 0. The average molecular weight is 305 g/mol. The molecule has 2 aliphatic rings. The second kappa shape index (κ2) is 4.34. The zero-order chi connectivity index (χ0) is 12.8. The predicted octanol–water partition coefficient (Wildman–Crippen LogP) is 4.41. The number of hydrogen-bond acceptors (Lipinski definition) is 1. The summed E-state index contributed by atoms with van der Waals surface area (Å²) in [5.74, 6) is 0.871. The number of hydrogen-bond donors (Lipinski definition) is 0. The van der Waals surface area contributed by atoms with Gasteiger partial charge in [-0.15, -0.1) is 0 Å². The molecule has 94 valence electrons. The molecule has 0 amide bonds. The summed E-state index contributed by atoms with van der Waals surface area (Å²) in [6.45, 7) is 4.23. The molecule has 1 aromatic carbocycles. The number of rotatable bonds is 1. The molecule has 0 N–H and O–H groups in total. The molecule has 3 rings (SSSR count). The van der Waals surface area contributed by atoms with Gasteiger partial charge >= 0.3 is 0 Å². The Morgan fingerprint density at radius 1 is 1.17 bits per heavy atom. The van der Waals surface area contributed by atoms with E-state index in [1.54, 1.807) is 0 Å². The van der Waals surface area contributed by atoms with Crippen molar-refractivity contribution in [3.05, 3.63) is 46.5 Å². The first-order valence-electron chi connectivity index (χ1n) is 6.63. The molecular formula is C16H17BrO. The van der Waals surface area contributed by atoms with Crippen LogP contribution in [0.15, 0.2) is 40.9 Å². The molecule has 0 radical (unpaired) electrons. The SMILES string of the molecule is C=C1CCC2CCCC(=O)[C@@]12c1ccc(Br)cc1. The number of fused-ring (bicyclic) bond motifs is 1. The van der Waals surface area contributed by atoms with Crippen LogP contribution < -0.4 is 0 Å². The number of carbonyl (C=O) groups is 1. The molecule has 2 aliphatic carbocycles. The summed E-state index contributed by atoms with van der Waals surface area (Å²) in [6.07, 6.45) is 5.06. The van der Waals surface area contributed by atoms with Crippen LogP contribution in [0.4, 0.5) is 0 Å². The lowest BCUT2D eigenvalue weighted by atomic mass is 9.62. The van der Waals surface area contributed by atoms with Crippen molar-refractivity contribution in [2.24, 2.45) is 5.92 Å². The molecule has 2 saturated carbocycles. The quantitative estimate of drug-likeness (QED) is 0.703. The monoisotopic (exact) mass is 304 g/mol. The number of benzene rings is 1. The maximum atomic E-state index is 12.6. The Kier molecular flexibility index (Phi) is 2.93. The van der Waals surface area contributed by atoms with E-state index >= 15 is 0 Å². The van der Waals surface area contributed by atoms with Gasteiger partial charge in [-0.1, -0.05) is 40.2 Å². The molecule has 0 heterocycles. The second-order valence-corrected chi connectivity index (χ2v) is 6.39. The maximum Gasteiger partial charge on any atom is 0.147 e. The zero-order valence-corrected chi connectivity index (χ0v) is 12.0. The zero-order valence-electron chi connectivity index (χ0n) is 10.4. The van der Waals surface area contributed by atoms with E-state index in [9.17, 15) is 4.79 Å². The number of Topliss-reactive ketones (excluding diaryl/α,β-unsaturated/α-hetero) is 1. The summed E-state index contributed by atoms with van der Waals surface area (Å²) in [7, 11) is 0. The molecule has 0 aromatic heterocycles. The van der Waals surface area contributed by atoms with Crippen molar-refractivity contribution in [2.45, 2.75) is 37.5 Å². The first-order valence-corrected chi connectivity index (χ1v) is 7.42. The maximum absolute atomic E-state index is 12.6.